The lowest BCUT2D eigenvalue weighted by Crippen LogP contribution is -2.18. The third kappa shape index (κ3) is 5.10. The van der Waals surface area contributed by atoms with Gasteiger partial charge in [0.25, 0.3) is 0 Å². The number of rotatable bonds is 8. The Morgan fingerprint density at radius 2 is 2.00 bits per heavy atom. The Morgan fingerprint density at radius 1 is 1.25 bits per heavy atom. The zero-order valence-electron chi connectivity index (χ0n) is 10.8. The fourth-order valence-corrected chi connectivity index (χ4v) is 2.69. The van der Waals surface area contributed by atoms with E-state index in [0.717, 1.165) is 19.6 Å². The van der Waals surface area contributed by atoms with Gasteiger partial charge in [-0.1, -0.05) is 20.3 Å². The number of unbranched alkanes of at least 4 members (excludes halogenated alkanes) is 1. The summed E-state index contributed by atoms with van der Waals surface area (Å²) in [5, 5.41) is 3.36. The van der Waals surface area contributed by atoms with Crippen LogP contribution >= 0.6 is 11.3 Å². The lowest BCUT2D eigenvalue weighted by Gasteiger charge is -2.14. The van der Waals surface area contributed by atoms with E-state index in [0.29, 0.717) is 0 Å². The first-order chi connectivity index (χ1) is 7.76. The highest BCUT2D eigenvalue weighted by molar-refractivity contribution is 7.11. The molecule has 1 heterocycles. The van der Waals surface area contributed by atoms with E-state index in [1.165, 1.54) is 29.1 Å². The monoisotopic (exact) mass is 240 g/mol. The zero-order chi connectivity index (χ0) is 11.8. The second kappa shape index (κ2) is 7.82. The maximum absolute atomic E-state index is 3.36. The van der Waals surface area contributed by atoms with Gasteiger partial charge in [-0.15, -0.1) is 11.3 Å². The van der Waals surface area contributed by atoms with Crippen LogP contribution in [0.1, 0.15) is 36.4 Å². The Kier molecular flexibility index (Phi) is 6.69. The minimum atomic E-state index is 1.01. The van der Waals surface area contributed by atoms with Crippen molar-refractivity contribution in [3.8, 4) is 0 Å². The van der Waals surface area contributed by atoms with Gasteiger partial charge in [0.1, 0.15) is 0 Å². The topological polar surface area (TPSA) is 15.3 Å². The lowest BCUT2D eigenvalue weighted by atomic mass is 10.3. The molecule has 1 N–H and O–H groups in total. The fraction of sp³-hybridized carbons (Fsp3) is 0.692. The van der Waals surface area contributed by atoms with Crippen LogP contribution < -0.4 is 5.32 Å². The number of nitrogens with zero attached hydrogens (tertiary/aromatic N) is 1. The smallest absolute Gasteiger partial charge is 0.0324 e. The molecule has 3 heteroatoms. The molecule has 1 rings (SSSR count). The van der Waals surface area contributed by atoms with Crippen molar-refractivity contribution in [2.45, 2.75) is 39.8 Å². The van der Waals surface area contributed by atoms with Gasteiger partial charge in [0, 0.05) is 22.8 Å². The van der Waals surface area contributed by atoms with Crippen LogP contribution in [-0.2, 0) is 13.1 Å². The first kappa shape index (κ1) is 13.7. The SMILES string of the molecule is CCCCN(C)Cc1ccc(CNCC)s1. The highest BCUT2D eigenvalue weighted by Crippen LogP contribution is 2.17. The van der Waals surface area contributed by atoms with E-state index < -0.39 is 0 Å². The fourth-order valence-electron chi connectivity index (χ4n) is 1.62. The number of hydrogen-bond donors (Lipinski definition) is 1. The van der Waals surface area contributed by atoms with Crippen molar-refractivity contribution in [3.05, 3.63) is 21.9 Å². The Hall–Kier alpha value is -0.380. The van der Waals surface area contributed by atoms with Crippen molar-refractivity contribution in [1.82, 2.24) is 10.2 Å². The summed E-state index contributed by atoms with van der Waals surface area (Å²) in [5.41, 5.74) is 0. The van der Waals surface area contributed by atoms with Crippen LogP contribution in [0.4, 0.5) is 0 Å². The van der Waals surface area contributed by atoms with E-state index >= 15 is 0 Å². The van der Waals surface area contributed by atoms with Crippen LogP contribution in [-0.4, -0.2) is 25.0 Å². The molecular weight excluding hydrogens is 216 g/mol. The molecule has 16 heavy (non-hydrogen) atoms. The molecule has 0 bridgehead atoms. The van der Waals surface area contributed by atoms with Crippen molar-refractivity contribution >= 4 is 11.3 Å². The minimum Gasteiger partial charge on any atom is -0.312 e. The van der Waals surface area contributed by atoms with Crippen LogP contribution in [0.3, 0.4) is 0 Å². The maximum Gasteiger partial charge on any atom is 0.0324 e. The summed E-state index contributed by atoms with van der Waals surface area (Å²) in [4.78, 5) is 5.33. The molecule has 1 aromatic rings. The summed E-state index contributed by atoms with van der Waals surface area (Å²) < 4.78 is 0. The summed E-state index contributed by atoms with van der Waals surface area (Å²) in [6.45, 7) is 8.75. The zero-order valence-corrected chi connectivity index (χ0v) is 11.6. The standard InChI is InChI=1S/C13H24N2S/c1-4-6-9-15(3)11-13-8-7-12(16-13)10-14-5-2/h7-8,14H,4-6,9-11H2,1-3H3. The molecule has 0 saturated heterocycles. The molecule has 1 aromatic heterocycles. The van der Waals surface area contributed by atoms with Crippen molar-refractivity contribution < 1.29 is 0 Å². The Labute approximate surface area is 104 Å². The van der Waals surface area contributed by atoms with Gasteiger partial charge >= 0.3 is 0 Å². The molecule has 0 saturated carbocycles. The van der Waals surface area contributed by atoms with Gasteiger partial charge in [-0.05, 0) is 38.7 Å². The summed E-state index contributed by atoms with van der Waals surface area (Å²) in [6.07, 6.45) is 2.58. The third-order valence-electron chi connectivity index (χ3n) is 2.59. The Balaban J connectivity index is 2.33. The van der Waals surface area contributed by atoms with E-state index in [9.17, 15) is 0 Å². The molecular formula is C13H24N2S. The molecule has 0 atom stereocenters. The van der Waals surface area contributed by atoms with E-state index in [1.54, 1.807) is 0 Å². The predicted octanol–water partition coefficient (Wildman–Crippen LogP) is 3.09. The van der Waals surface area contributed by atoms with Gasteiger partial charge in [0.2, 0.25) is 0 Å². The highest BCUT2D eigenvalue weighted by Gasteiger charge is 2.03. The lowest BCUT2D eigenvalue weighted by molar-refractivity contribution is 0.323. The van der Waals surface area contributed by atoms with Crippen molar-refractivity contribution in [3.63, 3.8) is 0 Å². The molecule has 0 radical (unpaired) electrons. The van der Waals surface area contributed by atoms with E-state index in [-0.39, 0.29) is 0 Å². The second-order valence-corrected chi connectivity index (χ2v) is 5.49. The molecule has 0 aromatic carbocycles. The summed E-state index contributed by atoms with van der Waals surface area (Å²) in [7, 11) is 2.21. The first-order valence-electron chi connectivity index (χ1n) is 6.23. The van der Waals surface area contributed by atoms with Gasteiger partial charge in [-0.3, -0.25) is 0 Å². The van der Waals surface area contributed by atoms with Crippen LogP contribution in [0.5, 0.6) is 0 Å². The molecule has 0 amide bonds. The molecule has 92 valence electrons. The Bertz CT molecular complexity index is 283. The van der Waals surface area contributed by atoms with Crippen LogP contribution in [0, 0.1) is 0 Å². The predicted molar refractivity (Wildman–Crippen MR) is 72.9 cm³/mol. The largest absolute Gasteiger partial charge is 0.312 e. The average molecular weight is 240 g/mol. The van der Waals surface area contributed by atoms with Crippen LogP contribution in [0.2, 0.25) is 0 Å². The van der Waals surface area contributed by atoms with Crippen molar-refractivity contribution in [1.29, 1.82) is 0 Å². The minimum absolute atomic E-state index is 1.01. The van der Waals surface area contributed by atoms with E-state index in [1.807, 2.05) is 11.3 Å². The summed E-state index contributed by atoms with van der Waals surface area (Å²) in [5.74, 6) is 0. The van der Waals surface area contributed by atoms with E-state index in [4.69, 9.17) is 0 Å². The quantitative estimate of drug-likeness (QED) is 0.751. The second-order valence-electron chi connectivity index (χ2n) is 4.24. The third-order valence-corrected chi connectivity index (χ3v) is 3.66. The van der Waals surface area contributed by atoms with Gasteiger partial charge in [0.15, 0.2) is 0 Å². The molecule has 0 fully saturated rings. The van der Waals surface area contributed by atoms with Crippen LogP contribution in [0.25, 0.3) is 0 Å². The van der Waals surface area contributed by atoms with Gasteiger partial charge in [-0.2, -0.15) is 0 Å². The van der Waals surface area contributed by atoms with Gasteiger partial charge in [-0.25, -0.2) is 0 Å². The molecule has 0 unspecified atom stereocenters. The van der Waals surface area contributed by atoms with Gasteiger partial charge < -0.3 is 10.2 Å². The van der Waals surface area contributed by atoms with E-state index in [2.05, 4.69) is 43.2 Å². The Morgan fingerprint density at radius 3 is 2.69 bits per heavy atom. The molecule has 2 nitrogen and oxygen atoms in total. The number of nitrogens with one attached hydrogen (secondary N) is 1. The normalized spacial score (nSPS) is 11.2. The average Bonchev–Trinajstić information content (AvgIpc) is 2.71. The number of thiophene rings is 1. The summed E-state index contributed by atoms with van der Waals surface area (Å²) >= 11 is 1.93. The van der Waals surface area contributed by atoms with Gasteiger partial charge in [0.05, 0.1) is 0 Å². The maximum atomic E-state index is 3.36. The van der Waals surface area contributed by atoms with Crippen molar-refractivity contribution in [2.75, 3.05) is 20.1 Å². The highest BCUT2D eigenvalue weighted by atomic mass is 32.1. The molecule has 0 aliphatic rings. The molecule has 0 aliphatic heterocycles. The van der Waals surface area contributed by atoms with Crippen molar-refractivity contribution in [2.24, 2.45) is 0 Å². The summed E-state index contributed by atoms with van der Waals surface area (Å²) in [6, 6.07) is 4.51. The van der Waals surface area contributed by atoms with Crippen LogP contribution in [0.15, 0.2) is 12.1 Å². The first-order valence-corrected chi connectivity index (χ1v) is 7.04. The number of hydrogen-bond acceptors (Lipinski definition) is 3. The molecule has 0 aliphatic carbocycles. The molecule has 0 spiro atoms.